The summed E-state index contributed by atoms with van der Waals surface area (Å²) in [6.45, 7) is -0.287. The van der Waals surface area contributed by atoms with Crippen LogP contribution in [0.5, 0.6) is 0 Å². The second kappa shape index (κ2) is 13.3. The number of amides is 3. The second-order valence-electron chi connectivity index (χ2n) is 7.61. The van der Waals surface area contributed by atoms with Crippen LogP contribution in [0.15, 0.2) is 30.3 Å². The lowest BCUT2D eigenvalue weighted by Crippen LogP contribution is -2.36. The SMILES string of the molecule is O=CCCCC(=O)CNC(=O)C(CC(=O)CCON1C(=O)CCC1=O)Cc1ccccc1. The van der Waals surface area contributed by atoms with Crippen molar-refractivity contribution in [3.8, 4) is 0 Å². The van der Waals surface area contributed by atoms with E-state index in [1.54, 1.807) is 0 Å². The van der Waals surface area contributed by atoms with Gasteiger partial charge in [0.1, 0.15) is 12.1 Å². The van der Waals surface area contributed by atoms with Gasteiger partial charge in [-0.25, -0.2) is 0 Å². The van der Waals surface area contributed by atoms with Crippen LogP contribution < -0.4 is 5.32 Å². The Labute approximate surface area is 186 Å². The molecule has 1 N–H and O–H groups in total. The van der Waals surface area contributed by atoms with E-state index in [0.29, 0.717) is 24.3 Å². The number of nitrogens with zero attached hydrogens (tertiary/aromatic N) is 1. The number of imide groups is 1. The predicted octanol–water partition coefficient (Wildman–Crippen LogP) is 1.33. The fourth-order valence-corrected chi connectivity index (χ4v) is 3.28. The van der Waals surface area contributed by atoms with Gasteiger partial charge in [0.15, 0.2) is 5.78 Å². The fraction of sp³-hybridized carbons (Fsp3) is 0.478. The minimum Gasteiger partial charge on any atom is -0.349 e. The zero-order chi connectivity index (χ0) is 23.3. The Bertz CT molecular complexity index is 822. The van der Waals surface area contributed by atoms with E-state index < -0.39 is 23.6 Å². The van der Waals surface area contributed by atoms with E-state index in [1.807, 2.05) is 30.3 Å². The zero-order valence-corrected chi connectivity index (χ0v) is 17.9. The summed E-state index contributed by atoms with van der Waals surface area (Å²) in [5.41, 5.74) is 0.877. The third-order valence-electron chi connectivity index (χ3n) is 5.01. The van der Waals surface area contributed by atoms with E-state index in [1.165, 1.54) is 0 Å². The quantitative estimate of drug-likeness (QED) is 0.246. The maximum absolute atomic E-state index is 12.7. The standard InChI is InChI=1S/C23H28N2O7/c26-12-5-4-8-20(28)16-24-23(31)18(14-17-6-2-1-3-7-17)15-19(27)11-13-32-25-21(29)9-10-22(25)30/h1-3,6-7,12,18H,4-5,8-11,13-16H2,(H,24,31). The third-order valence-corrected chi connectivity index (χ3v) is 5.01. The minimum atomic E-state index is -0.678. The van der Waals surface area contributed by atoms with Gasteiger partial charge in [0.05, 0.1) is 13.2 Å². The molecule has 2 rings (SSSR count). The summed E-state index contributed by atoms with van der Waals surface area (Å²) in [6, 6.07) is 9.22. The molecular weight excluding hydrogens is 416 g/mol. The molecule has 1 aromatic rings. The number of carbonyl (C=O) groups is 6. The number of Topliss-reactive ketones (excluding diaryl/α,β-unsaturated/α-hetero) is 2. The molecule has 9 heteroatoms. The van der Waals surface area contributed by atoms with Crippen LogP contribution in [0.2, 0.25) is 0 Å². The van der Waals surface area contributed by atoms with Gasteiger partial charge in [-0.1, -0.05) is 30.3 Å². The number of hydrogen-bond acceptors (Lipinski definition) is 7. The van der Waals surface area contributed by atoms with Crippen LogP contribution in [0, 0.1) is 5.92 Å². The van der Waals surface area contributed by atoms with Gasteiger partial charge in [0.25, 0.3) is 11.8 Å². The van der Waals surface area contributed by atoms with Gasteiger partial charge in [-0.3, -0.25) is 28.8 Å². The number of unbranched alkanes of at least 4 members (excludes halogenated alkanes) is 1. The van der Waals surface area contributed by atoms with Crippen LogP contribution in [0.3, 0.4) is 0 Å². The first-order chi connectivity index (χ1) is 15.4. The van der Waals surface area contributed by atoms with E-state index in [-0.39, 0.29) is 56.8 Å². The lowest BCUT2D eigenvalue weighted by Gasteiger charge is -2.17. The Balaban J connectivity index is 1.87. The molecule has 0 aromatic heterocycles. The summed E-state index contributed by atoms with van der Waals surface area (Å²) in [5.74, 6) is -2.38. The van der Waals surface area contributed by atoms with E-state index in [0.717, 1.165) is 11.8 Å². The Morgan fingerprint density at radius 3 is 2.38 bits per heavy atom. The molecule has 9 nitrogen and oxygen atoms in total. The van der Waals surface area contributed by atoms with Crippen molar-refractivity contribution < 1.29 is 33.6 Å². The summed E-state index contributed by atoms with van der Waals surface area (Å²) in [5, 5.41) is 3.28. The molecule has 1 aliphatic heterocycles. The van der Waals surface area contributed by atoms with Crippen molar-refractivity contribution in [2.75, 3.05) is 13.2 Å². The molecule has 3 amide bonds. The number of carbonyl (C=O) groups excluding carboxylic acids is 6. The van der Waals surface area contributed by atoms with Crippen LogP contribution in [0.4, 0.5) is 0 Å². The number of rotatable bonds is 15. The molecule has 1 heterocycles. The van der Waals surface area contributed by atoms with E-state index in [2.05, 4.69) is 5.32 Å². The third kappa shape index (κ3) is 8.50. The average Bonchev–Trinajstić information content (AvgIpc) is 3.10. The van der Waals surface area contributed by atoms with E-state index in [9.17, 15) is 28.8 Å². The first-order valence-electron chi connectivity index (χ1n) is 10.7. The molecule has 1 aliphatic rings. The summed E-state index contributed by atoms with van der Waals surface area (Å²) in [7, 11) is 0. The first kappa shape index (κ1) is 25.1. The molecule has 1 saturated heterocycles. The monoisotopic (exact) mass is 444 g/mol. The van der Waals surface area contributed by atoms with Crippen molar-refractivity contribution in [3.63, 3.8) is 0 Å². The molecule has 172 valence electrons. The van der Waals surface area contributed by atoms with Gasteiger partial charge >= 0.3 is 0 Å². The highest BCUT2D eigenvalue weighted by atomic mass is 16.7. The Hall–Kier alpha value is -3.20. The fourth-order valence-electron chi connectivity index (χ4n) is 3.28. The largest absolute Gasteiger partial charge is 0.349 e. The maximum Gasteiger partial charge on any atom is 0.253 e. The lowest BCUT2D eigenvalue weighted by atomic mass is 9.92. The van der Waals surface area contributed by atoms with Gasteiger partial charge in [0.2, 0.25) is 5.91 Å². The molecule has 0 bridgehead atoms. The Morgan fingerprint density at radius 2 is 1.72 bits per heavy atom. The van der Waals surface area contributed by atoms with Crippen molar-refractivity contribution in [2.24, 2.45) is 5.92 Å². The number of benzene rings is 1. The van der Waals surface area contributed by atoms with Crippen LogP contribution in [-0.2, 0) is 40.0 Å². The molecule has 1 aromatic carbocycles. The van der Waals surface area contributed by atoms with E-state index >= 15 is 0 Å². The van der Waals surface area contributed by atoms with Crippen molar-refractivity contribution >= 4 is 35.6 Å². The van der Waals surface area contributed by atoms with Gasteiger partial charge in [0, 0.05) is 44.4 Å². The Morgan fingerprint density at radius 1 is 1.03 bits per heavy atom. The van der Waals surface area contributed by atoms with Crippen LogP contribution in [0.1, 0.15) is 50.5 Å². The highest BCUT2D eigenvalue weighted by molar-refractivity contribution is 6.00. The van der Waals surface area contributed by atoms with Gasteiger partial charge < -0.3 is 10.1 Å². The summed E-state index contributed by atoms with van der Waals surface area (Å²) < 4.78 is 0. The number of hydroxylamine groups is 2. The molecule has 32 heavy (non-hydrogen) atoms. The zero-order valence-electron chi connectivity index (χ0n) is 17.9. The highest BCUT2D eigenvalue weighted by Crippen LogP contribution is 2.16. The first-order valence-corrected chi connectivity index (χ1v) is 10.7. The molecule has 0 saturated carbocycles. The summed E-state index contributed by atoms with van der Waals surface area (Å²) in [4.78, 5) is 75.6. The molecule has 1 unspecified atom stereocenters. The lowest BCUT2D eigenvalue weighted by molar-refractivity contribution is -0.188. The average molecular weight is 444 g/mol. The maximum atomic E-state index is 12.7. The summed E-state index contributed by atoms with van der Waals surface area (Å²) >= 11 is 0. The molecule has 1 fully saturated rings. The number of aldehydes is 1. The molecular formula is C23H28N2O7. The number of ketones is 2. The van der Waals surface area contributed by atoms with Crippen LogP contribution in [0.25, 0.3) is 0 Å². The highest BCUT2D eigenvalue weighted by Gasteiger charge is 2.30. The van der Waals surface area contributed by atoms with Crippen LogP contribution in [-0.4, -0.2) is 53.8 Å². The van der Waals surface area contributed by atoms with Crippen LogP contribution >= 0.6 is 0 Å². The van der Waals surface area contributed by atoms with Crippen molar-refractivity contribution in [1.29, 1.82) is 0 Å². The molecule has 0 radical (unpaired) electrons. The number of hydrogen-bond donors (Lipinski definition) is 1. The van der Waals surface area contributed by atoms with E-state index in [4.69, 9.17) is 4.84 Å². The molecule has 0 spiro atoms. The predicted molar refractivity (Wildman–Crippen MR) is 113 cm³/mol. The normalized spacial score (nSPS) is 14.3. The van der Waals surface area contributed by atoms with Gasteiger partial charge in [-0.2, -0.15) is 5.06 Å². The van der Waals surface area contributed by atoms with Crippen molar-refractivity contribution in [1.82, 2.24) is 10.4 Å². The topological polar surface area (TPSA) is 127 Å². The van der Waals surface area contributed by atoms with Crippen molar-refractivity contribution in [3.05, 3.63) is 35.9 Å². The summed E-state index contributed by atoms with van der Waals surface area (Å²) in [6.07, 6.45) is 2.07. The second-order valence-corrected chi connectivity index (χ2v) is 7.61. The van der Waals surface area contributed by atoms with Gasteiger partial charge in [-0.15, -0.1) is 0 Å². The van der Waals surface area contributed by atoms with Crippen molar-refractivity contribution in [2.45, 2.75) is 51.4 Å². The molecule has 0 aliphatic carbocycles. The molecule has 1 atom stereocenters. The van der Waals surface area contributed by atoms with Gasteiger partial charge in [-0.05, 0) is 18.4 Å². The smallest absolute Gasteiger partial charge is 0.253 e. The number of nitrogens with one attached hydrogen (secondary N) is 1. The Kier molecular flexibility index (Phi) is 10.4. The minimum absolute atomic E-state index is 0.0553.